The Morgan fingerprint density at radius 2 is 2.06 bits per heavy atom. The van der Waals surface area contributed by atoms with Crippen LogP contribution in [0.1, 0.15) is 25.8 Å². The minimum absolute atomic E-state index is 0.708. The zero-order chi connectivity index (χ0) is 12.7. The van der Waals surface area contributed by atoms with E-state index >= 15 is 0 Å². The maximum absolute atomic E-state index is 5.83. The van der Waals surface area contributed by atoms with Crippen molar-refractivity contribution in [2.24, 2.45) is 5.92 Å². The topological polar surface area (TPSA) is 47.3 Å². The van der Waals surface area contributed by atoms with E-state index in [0.29, 0.717) is 5.92 Å². The first-order valence-corrected chi connectivity index (χ1v) is 6.28. The predicted octanol–water partition coefficient (Wildman–Crippen LogP) is 3.05. The maximum atomic E-state index is 5.83. The number of benzene rings is 1. The molecule has 3 nitrogen and oxygen atoms in total. The van der Waals surface area contributed by atoms with Gasteiger partial charge in [0.1, 0.15) is 0 Å². The molecule has 1 rings (SSSR count). The van der Waals surface area contributed by atoms with E-state index in [0.717, 1.165) is 43.1 Å². The minimum Gasteiger partial charge on any atom is -0.398 e. The molecule has 1 aromatic rings. The Kier molecular flexibility index (Phi) is 5.84. The molecular formula is C14H24N2O. The van der Waals surface area contributed by atoms with Gasteiger partial charge >= 0.3 is 0 Å². The Labute approximate surface area is 104 Å². The molecule has 0 spiro atoms. The lowest BCUT2D eigenvalue weighted by Gasteiger charge is -2.11. The summed E-state index contributed by atoms with van der Waals surface area (Å²) >= 11 is 0. The quantitative estimate of drug-likeness (QED) is 0.565. The number of rotatable bonds is 7. The van der Waals surface area contributed by atoms with Crippen molar-refractivity contribution >= 4 is 11.4 Å². The summed E-state index contributed by atoms with van der Waals surface area (Å²) in [6, 6.07) is 5.92. The number of nitrogens with one attached hydrogen (secondary N) is 1. The number of ether oxygens (including phenoxy) is 1. The third kappa shape index (κ3) is 5.09. The molecule has 0 saturated carbocycles. The van der Waals surface area contributed by atoms with Gasteiger partial charge in [-0.2, -0.15) is 0 Å². The second kappa shape index (κ2) is 7.17. The molecule has 17 heavy (non-hydrogen) atoms. The third-order valence-corrected chi connectivity index (χ3v) is 2.78. The summed E-state index contributed by atoms with van der Waals surface area (Å²) in [6.45, 7) is 8.84. The van der Waals surface area contributed by atoms with Crippen LogP contribution in [-0.4, -0.2) is 19.8 Å². The molecule has 0 unspecified atom stereocenters. The van der Waals surface area contributed by atoms with Gasteiger partial charge in [0.05, 0.1) is 6.61 Å². The minimum atomic E-state index is 0.708. The molecule has 3 heteroatoms. The van der Waals surface area contributed by atoms with E-state index in [2.05, 4.69) is 19.2 Å². The van der Waals surface area contributed by atoms with Crippen LogP contribution in [-0.2, 0) is 4.74 Å². The summed E-state index contributed by atoms with van der Waals surface area (Å²) in [6.07, 6.45) is 1.12. The van der Waals surface area contributed by atoms with Gasteiger partial charge in [0.15, 0.2) is 0 Å². The molecular weight excluding hydrogens is 212 g/mol. The zero-order valence-electron chi connectivity index (χ0n) is 11.1. The highest BCUT2D eigenvalue weighted by atomic mass is 16.5. The summed E-state index contributed by atoms with van der Waals surface area (Å²) in [5.41, 5.74) is 8.87. The van der Waals surface area contributed by atoms with Crippen molar-refractivity contribution in [1.29, 1.82) is 0 Å². The van der Waals surface area contributed by atoms with Crippen LogP contribution in [0.15, 0.2) is 18.2 Å². The average molecular weight is 236 g/mol. The summed E-state index contributed by atoms with van der Waals surface area (Å²) in [5.74, 6) is 0.708. The largest absolute Gasteiger partial charge is 0.398 e. The van der Waals surface area contributed by atoms with Gasteiger partial charge in [-0.15, -0.1) is 0 Å². The average Bonchev–Trinajstić information content (AvgIpc) is 2.28. The molecule has 0 heterocycles. The number of hydrogen-bond donors (Lipinski definition) is 2. The van der Waals surface area contributed by atoms with E-state index in [4.69, 9.17) is 10.5 Å². The lowest BCUT2D eigenvalue weighted by atomic mass is 10.1. The Bertz CT molecular complexity index is 337. The van der Waals surface area contributed by atoms with Crippen molar-refractivity contribution in [1.82, 2.24) is 0 Å². The van der Waals surface area contributed by atoms with Crippen LogP contribution in [0.25, 0.3) is 0 Å². The van der Waals surface area contributed by atoms with Crippen LogP contribution < -0.4 is 11.1 Å². The molecule has 0 bridgehead atoms. The maximum Gasteiger partial charge on any atom is 0.0639 e. The van der Waals surface area contributed by atoms with Gasteiger partial charge in [-0.1, -0.05) is 19.9 Å². The van der Waals surface area contributed by atoms with Crippen LogP contribution in [0.3, 0.4) is 0 Å². The van der Waals surface area contributed by atoms with E-state index in [-0.39, 0.29) is 0 Å². The predicted molar refractivity (Wildman–Crippen MR) is 74.4 cm³/mol. The fourth-order valence-corrected chi connectivity index (χ4v) is 1.52. The van der Waals surface area contributed by atoms with Crippen LogP contribution in [0.2, 0.25) is 0 Å². The molecule has 0 aromatic heterocycles. The Morgan fingerprint density at radius 1 is 1.29 bits per heavy atom. The van der Waals surface area contributed by atoms with Crippen LogP contribution in [0.5, 0.6) is 0 Å². The highest BCUT2D eigenvalue weighted by Gasteiger charge is 2.00. The van der Waals surface area contributed by atoms with Crippen LogP contribution in [0, 0.1) is 12.8 Å². The van der Waals surface area contributed by atoms with Crippen molar-refractivity contribution in [2.45, 2.75) is 27.2 Å². The summed E-state index contributed by atoms with van der Waals surface area (Å²) in [4.78, 5) is 0. The molecule has 0 fully saturated rings. The Hall–Kier alpha value is -1.22. The zero-order valence-corrected chi connectivity index (χ0v) is 11.1. The molecule has 0 saturated heterocycles. The first kappa shape index (κ1) is 13.8. The lowest BCUT2D eigenvalue weighted by molar-refractivity contribution is 0.132. The molecule has 0 aliphatic heterocycles. The van der Waals surface area contributed by atoms with Crippen molar-refractivity contribution < 1.29 is 4.74 Å². The molecule has 0 aliphatic carbocycles. The molecule has 3 N–H and O–H groups in total. The van der Waals surface area contributed by atoms with Crippen LogP contribution >= 0.6 is 0 Å². The number of hydrogen-bond acceptors (Lipinski definition) is 3. The standard InChI is InChI=1S/C14H24N2O/c1-11(2)7-9-17-10-8-16-14-6-4-5-13(15)12(14)3/h4-6,11,16H,7-10,15H2,1-3H3. The van der Waals surface area contributed by atoms with E-state index in [9.17, 15) is 0 Å². The Morgan fingerprint density at radius 3 is 2.76 bits per heavy atom. The first-order chi connectivity index (χ1) is 8.11. The van der Waals surface area contributed by atoms with Gasteiger partial charge in [-0.3, -0.25) is 0 Å². The number of nitrogen functional groups attached to an aromatic ring is 1. The highest BCUT2D eigenvalue weighted by Crippen LogP contribution is 2.19. The molecule has 0 aliphatic rings. The molecule has 0 radical (unpaired) electrons. The molecule has 0 amide bonds. The van der Waals surface area contributed by atoms with Crippen molar-refractivity contribution in [3.63, 3.8) is 0 Å². The monoisotopic (exact) mass is 236 g/mol. The van der Waals surface area contributed by atoms with Gasteiger partial charge in [0.25, 0.3) is 0 Å². The second-order valence-corrected chi connectivity index (χ2v) is 4.74. The van der Waals surface area contributed by atoms with Crippen molar-refractivity contribution in [3.8, 4) is 0 Å². The van der Waals surface area contributed by atoms with Gasteiger partial charge in [0.2, 0.25) is 0 Å². The van der Waals surface area contributed by atoms with Gasteiger partial charge < -0.3 is 15.8 Å². The normalized spacial score (nSPS) is 10.8. The van der Waals surface area contributed by atoms with Gasteiger partial charge in [-0.25, -0.2) is 0 Å². The fourth-order valence-electron chi connectivity index (χ4n) is 1.52. The Balaban J connectivity index is 2.20. The summed E-state index contributed by atoms with van der Waals surface area (Å²) < 4.78 is 5.54. The van der Waals surface area contributed by atoms with E-state index < -0.39 is 0 Å². The molecule has 96 valence electrons. The molecule has 1 aromatic carbocycles. The third-order valence-electron chi connectivity index (χ3n) is 2.78. The molecule has 0 atom stereocenters. The van der Waals surface area contributed by atoms with Crippen LogP contribution in [0.4, 0.5) is 11.4 Å². The number of nitrogens with two attached hydrogens (primary N) is 1. The summed E-state index contributed by atoms with van der Waals surface area (Å²) in [7, 11) is 0. The van der Waals surface area contributed by atoms with E-state index in [1.807, 2.05) is 25.1 Å². The summed E-state index contributed by atoms with van der Waals surface area (Å²) in [5, 5.41) is 3.34. The lowest BCUT2D eigenvalue weighted by Crippen LogP contribution is -2.11. The highest BCUT2D eigenvalue weighted by molar-refractivity contribution is 5.62. The second-order valence-electron chi connectivity index (χ2n) is 4.74. The van der Waals surface area contributed by atoms with Gasteiger partial charge in [-0.05, 0) is 37.0 Å². The van der Waals surface area contributed by atoms with Crippen molar-refractivity contribution in [2.75, 3.05) is 30.8 Å². The van der Waals surface area contributed by atoms with E-state index in [1.165, 1.54) is 0 Å². The van der Waals surface area contributed by atoms with Gasteiger partial charge in [0, 0.05) is 24.5 Å². The number of anilines is 2. The SMILES string of the molecule is Cc1c(N)cccc1NCCOCCC(C)C. The fraction of sp³-hybridized carbons (Fsp3) is 0.571. The van der Waals surface area contributed by atoms with E-state index in [1.54, 1.807) is 0 Å². The van der Waals surface area contributed by atoms with Crippen molar-refractivity contribution in [3.05, 3.63) is 23.8 Å². The smallest absolute Gasteiger partial charge is 0.0639 e. The first-order valence-electron chi connectivity index (χ1n) is 6.28.